The van der Waals surface area contributed by atoms with E-state index in [-0.39, 0.29) is 23.9 Å². The summed E-state index contributed by atoms with van der Waals surface area (Å²) >= 11 is 0. The summed E-state index contributed by atoms with van der Waals surface area (Å²) in [6.07, 6.45) is 6.25. The largest absolute Gasteiger partial charge is 0.457 e. The van der Waals surface area contributed by atoms with Crippen molar-refractivity contribution in [3.63, 3.8) is 0 Å². The number of carbonyl (C=O) groups is 1. The van der Waals surface area contributed by atoms with Gasteiger partial charge in [0.15, 0.2) is 0 Å². The first kappa shape index (κ1) is 19.6. The lowest BCUT2D eigenvalue weighted by atomic mass is 9.74. The summed E-state index contributed by atoms with van der Waals surface area (Å²) < 4.78 is 12.0. The summed E-state index contributed by atoms with van der Waals surface area (Å²) in [7, 11) is 0. The summed E-state index contributed by atoms with van der Waals surface area (Å²) in [6, 6.07) is 0. The normalized spacial score (nSPS) is 40.8. The van der Waals surface area contributed by atoms with E-state index in [1.807, 2.05) is 13.8 Å². The van der Waals surface area contributed by atoms with Gasteiger partial charge in [0.1, 0.15) is 5.60 Å². The molecule has 2 aliphatic carbocycles. The highest BCUT2D eigenvalue weighted by atomic mass is 16.6. The van der Waals surface area contributed by atoms with Crippen molar-refractivity contribution < 1.29 is 19.4 Å². The molecule has 1 aliphatic heterocycles. The molecule has 0 amide bonds. The fourth-order valence-corrected chi connectivity index (χ4v) is 5.51. The molecule has 1 saturated heterocycles. The molecule has 1 heterocycles. The Kier molecular flexibility index (Phi) is 5.13. The van der Waals surface area contributed by atoms with Crippen LogP contribution >= 0.6 is 0 Å². The molecule has 0 aromatic heterocycles. The first-order chi connectivity index (χ1) is 12.0. The van der Waals surface area contributed by atoms with Gasteiger partial charge in [-0.3, -0.25) is 4.79 Å². The molecule has 6 atom stereocenters. The maximum absolute atomic E-state index is 11.4. The maximum Gasteiger partial charge on any atom is 0.303 e. The number of allylic oxidation sites excluding steroid dienone is 2. The minimum absolute atomic E-state index is 0.0637. The van der Waals surface area contributed by atoms with E-state index in [0.29, 0.717) is 5.92 Å². The third-order valence-corrected chi connectivity index (χ3v) is 7.01. The zero-order valence-corrected chi connectivity index (χ0v) is 16.9. The Morgan fingerprint density at radius 1 is 1.42 bits per heavy atom. The van der Waals surface area contributed by atoms with Gasteiger partial charge in [0, 0.05) is 18.8 Å². The van der Waals surface area contributed by atoms with Crippen LogP contribution in [0.5, 0.6) is 0 Å². The third kappa shape index (κ3) is 3.38. The van der Waals surface area contributed by atoms with Crippen molar-refractivity contribution in [2.75, 3.05) is 0 Å². The van der Waals surface area contributed by atoms with Crippen LogP contribution < -0.4 is 0 Å². The van der Waals surface area contributed by atoms with E-state index >= 15 is 0 Å². The van der Waals surface area contributed by atoms with E-state index in [1.165, 1.54) is 18.1 Å². The van der Waals surface area contributed by atoms with E-state index in [2.05, 4.69) is 26.5 Å². The molecule has 3 rings (SSSR count). The molecule has 0 aromatic carbocycles. The number of aliphatic hydroxyl groups is 1. The predicted molar refractivity (Wildman–Crippen MR) is 102 cm³/mol. The molecule has 3 aliphatic rings. The summed E-state index contributed by atoms with van der Waals surface area (Å²) in [5, 5.41) is 11.3. The van der Waals surface area contributed by atoms with Gasteiger partial charge in [-0.15, -0.1) is 0 Å². The lowest BCUT2D eigenvalue weighted by Gasteiger charge is -2.40. The highest BCUT2D eigenvalue weighted by molar-refractivity contribution is 5.66. The summed E-state index contributed by atoms with van der Waals surface area (Å²) in [4.78, 5) is 11.4. The Labute approximate surface area is 157 Å². The van der Waals surface area contributed by atoms with E-state index in [0.717, 1.165) is 32.1 Å². The number of aliphatic hydroxyl groups excluding tert-OH is 1. The molecule has 2 fully saturated rings. The second-order valence-corrected chi connectivity index (χ2v) is 9.27. The summed E-state index contributed by atoms with van der Waals surface area (Å²) in [5.41, 5.74) is 1.49. The molecule has 4 heteroatoms. The molecular formula is C22H34O4. The second-order valence-electron chi connectivity index (χ2n) is 9.27. The van der Waals surface area contributed by atoms with Crippen molar-refractivity contribution >= 4 is 5.97 Å². The van der Waals surface area contributed by atoms with Crippen molar-refractivity contribution in [2.24, 2.45) is 17.8 Å². The molecule has 0 bridgehead atoms. The molecule has 4 nitrogen and oxygen atoms in total. The Morgan fingerprint density at radius 2 is 2.12 bits per heavy atom. The van der Waals surface area contributed by atoms with Crippen LogP contribution in [0, 0.1) is 17.8 Å². The number of rotatable bonds is 3. The minimum atomic E-state index is -0.658. The van der Waals surface area contributed by atoms with Crippen molar-refractivity contribution in [3.05, 3.63) is 23.8 Å². The van der Waals surface area contributed by atoms with Gasteiger partial charge in [-0.1, -0.05) is 23.8 Å². The summed E-state index contributed by atoms with van der Waals surface area (Å²) in [6.45, 7) is 13.8. The van der Waals surface area contributed by atoms with Gasteiger partial charge >= 0.3 is 5.97 Å². The zero-order chi connectivity index (χ0) is 19.3. The topological polar surface area (TPSA) is 55.8 Å². The van der Waals surface area contributed by atoms with Crippen molar-refractivity contribution in [2.45, 2.75) is 90.1 Å². The van der Waals surface area contributed by atoms with E-state index in [1.54, 1.807) is 0 Å². The van der Waals surface area contributed by atoms with E-state index in [4.69, 9.17) is 9.47 Å². The predicted octanol–water partition coefficient (Wildman–Crippen LogP) is 4.18. The SMILES string of the molecule is C=C1CC[C@@H](C2(C)CCC(C(C)(C)OC(C)=O)O2)[C@@H](O)[C@@H]2C(C)=CC[C@@H]12. The van der Waals surface area contributed by atoms with Crippen LogP contribution in [-0.4, -0.2) is 34.5 Å². The Morgan fingerprint density at radius 3 is 2.77 bits per heavy atom. The van der Waals surface area contributed by atoms with Gasteiger partial charge in [0.25, 0.3) is 0 Å². The lowest BCUT2D eigenvalue weighted by Crippen LogP contribution is -2.47. The van der Waals surface area contributed by atoms with Crippen LogP contribution in [0.3, 0.4) is 0 Å². The lowest BCUT2D eigenvalue weighted by molar-refractivity contribution is -0.184. The smallest absolute Gasteiger partial charge is 0.303 e. The second kappa shape index (κ2) is 6.79. The number of hydrogen-bond acceptors (Lipinski definition) is 4. The molecule has 26 heavy (non-hydrogen) atoms. The molecule has 1 N–H and O–H groups in total. The number of carbonyl (C=O) groups excluding carboxylic acids is 1. The van der Waals surface area contributed by atoms with Gasteiger partial charge in [-0.2, -0.15) is 0 Å². The van der Waals surface area contributed by atoms with Crippen LogP contribution in [0.25, 0.3) is 0 Å². The first-order valence-corrected chi connectivity index (χ1v) is 9.95. The first-order valence-electron chi connectivity index (χ1n) is 9.95. The molecule has 0 spiro atoms. The van der Waals surface area contributed by atoms with Gasteiger partial charge in [0.2, 0.25) is 0 Å². The average molecular weight is 363 g/mol. The molecule has 2 unspecified atom stereocenters. The maximum atomic E-state index is 11.4. The highest BCUT2D eigenvalue weighted by Crippen LogP contribution is 2.51. The van der Waals surface area contributed by atoms with Crippen molar-refractivity contribution in [1.82, 2.24) is 0 Å². The number of esters is 1. The molecule has 0 aromatic rings. The molecule has 0 radical (unpaired) electrons. The summed E-state index contributed by atoms with van der Waals surface area (Å²) in [5.74, 6) is 0.311. The van der Waals surface area contributed by atoms with Crippen molar-refractivity contribution in [1.29, 1.82) is 0 Å². The van der Waals surface area contributed by atoms with Crippen LogP contribution in [0.15, 0.2) is 23.8 Å². The quantitative estimate of drug-likeness (QED) is 0.604. The number of hydrogen-bond donors (Lipinski definition) is 1. The molecule has 1 saturated carbocycles. The average Bonchev–Trinajstić information content (AvgIpc) is 3.07. The monoisotopic (exact) mass is 362 g/mol. The number of fused-ring (bicyclic) bond motifs is 1. The third-order valence-electron chi connectivity index (χ3n) is 7.01. The fraction of sp³-hybridized carbons (Fsp3) is 0.773. The fourth-order valence-electron chi connectivity index (χ4n) is 5.51. The van der Waals surface area contributed by atoms with Crippen LogP contribution in [0.2, 0.25) is 0 Å². The zero-order valence-electron chi connectivity index (χ0n) is 16.9. The Hall–Kier alpha value is -1.13. The van der Waals surface area contributed by atoms with Gasteiger partial charge in [-0.25, -0.2) is 0 Å². The Balaban J connectivity index is 1.80. The van der Waals surface area contributed by atoms with Crippen LogP contribution in [-0.2, 0) is 14.3 Å². The number of ether oxygens (including phenoxy) is 2. The standard InChI is InChI=1S/C22H34O4/c1-13-8-10-17(20(24)19-14(2)7-9-16(13)19)22(6)12-11-18(26-22)21(4,5)25-15(3)23/h7,16-20,24H,1,8-12H2,2-6H3/t16-,17+,18?,19+,20+,22?/m0/s1. The van der Waals surface area contributed by atoms with Crippen LogP contribution in [0.4, 0.5) is 0 Å². The molecular weight excluding hydrogens is 328 g/mol. The Bertz CT molecular complexity index is 620. The highest BCUT2D eigenvalue weighted by Gasteiger charge is 2.53. The van der Waals surface area contributed by atoms with E-state index < -0.39 is 17.3 Å². The minimum Gasteiger partial charge on any atom is -0.457 e. The van der Waals surface area contributed by atoms with Gasteiger partial charge in [0.05, 0.1) is 17.8 Å². The van der Waals surface area contributed by atoms with Crippen molar-refractivity contribution in [3.8, 4) is 0 Å². The van der Waals surface area contributed by atoms with Gasteiger partial charge < -0.3 is 14.6 Å². The molecule has 146 valence electrons. The van der Waals surface area contributed by atoms with Gasteiger partial charge in [-0.05, 0) is 65.7 Å². The van der Waals surface area contributed by atoms with Crippen LogP contribution in [0.1, 0.15) is 66.7 Å². The van der Waals surface area contributed by atoms with E-state index in [9.17, 15) is 9.90 Å².